The molecule has 18 heavy (non-hydrogen) atoms. The number of methoxy groups -OCH3 is 1. The van der Waals surface area contributed by atoms with Gasteiger partial charge in [0.1, 0.15) is 17.6 Å². The Morgan fingerprint density at radius 3 is 2.72 bits per heavy atom. The zero-order valence-electron chi connectivity index (χ0n) is 11.1. The summed E-state index contributed by atoms with van der Waals surface area (Å²) in [4.78, 5) is 0. The number of hydrogen-bond acceptors (Lipinski definition) is 4. The molecule has 0 saturated carbocycles. The van der Waals surface area contributed by atoms with E-state index in [1.165, 1.54) is 0 Å². The Hall–Kier alpha value is -1.73. The van der Waals surface area contributed by atoms with Crippen LogP contribution in [0.3, 0.4) is 0 Å². The minimum atomic E-state index is -0.492. The number of nitrogens with two attached hydrogens (primary N) is 1. The molecule has 0 bridgehead atoms. The summed E-state index contributed by atoms with van der Waals surface area (Å²) in [6.07, 6.45) is 1.14. The summed E-state index contributed by atoms with van der Waals surface area (Å²) < 4.78 is 10.7. The number of nitrogens with zero attached hydrogens (tertiary/aromatic N) is 1. The highest BCUT2D eigenvalue weighted by molar-refractivity contribution is 5.41. The number of ether oxygens (including phenoxy) is 2. The summed E-state index contributed by atoms with van der Waals surface area (Å²) in [6, 6.07) is 7.76. The second-order valence-electron chi connectivity index (χ2n) is 4.24. The fourth-order valence-electron chi connectivity index (χ4n) is 1.58. The topological polar surface area (TPSA) is 68.3 Å². The van der Waals surface area contributed by atoms with E-state index in [9.17, 15) is 0 Å². The van der Waals surface area contributed by atoms with Crippen LogP contribution in [-0.2, 0) is 6.42 Å². The molecule has 0 aliphatic heterocycles. The minimum Gasteiger partial charge on any atom is -0.497 e. The van der Waals surface area contributed by atoms with Gasteiger partial charge >= 0.3 is 0 Å². The summed E-state index contributed by atoms with van der Waals surface area (Å²) >= 11 is 0. The summed E-state index contributed by atoms with van der Waals surface area (Å²) in [5, 5.41) is 8.81. The molecule has 0 heterocycles. The molecule has 4 heteroatoms. The molecule has 0 radical (unpaired) electrons. The Balaban J connectivity index is 2.97. The number of nitriles is 1. The highest BCUT2D eigenvalue weighted by Gasteiger charge is 2.11. The van der Waals surface area contributed by atoms with Crippen molar-refractivity contribution in [2.45, 2.75) is 38.8 Å². The van der Waals surface area contributed by atoms with Crippen LogP contribution < -0.4 is 15.2 Å². The van der Waals surface area contributed by atoms with Gasteiger partial charge in [0.2, 0.25) is 0 Å². The fraction of sp³-hybridized carbons (Fsp3) is 0.500. The van der Waals surface area contributed by atoms with Gasteiger partial charge in [-0.2, -0.15) is 5.26 Å². The van der Waals surface area contributed by atoms with E-state index in [2.05, 4.69) is 6.07 Å². The van der Waals surface area contributed by atoms with Crippen LogP contribution in [0.25, 0.3) is 0 Å². The second kappa shape index (κ2) is 6.87. The first-order valence-electron chi connectivity index (χ1n) is 6.09. The third kappa shape index (κ3) is 3.94. The van der Waals surface area contributed by atoms with E-state index < -0.39 is 6.10 Å². The van der Waals surface area contributed by atoms with Gasteiger partial charge in [-0.1, -0.05) is 13.0 Å². The molecule has 0 amide bonds. The largest absolute Gasteiger partial charge is 0.497 e. The van der Waals surface area contributed by atoms with Crippen LogP contribution in [0.4, 0.5) is 0 Å². The molecular formula is C14H20N2O2. The Labute approximate surface area is 108 Å². The molecule has 1 aromatic rings. The van der Waals surface area contributed by atoms with Gasteiger partial charge in [0, 0.05) is 12.1 Å². The van der Waals surface area contributed by atoms with E-state index in [1.807, 2.05) is 19.1 Å². The molecule has 0 saturated heterocycles. The molecule has 4 nitrogen and oxygen atoms in total. The van der Waals surface area contributed by atoms with E-state index in [0.29, 0.717) is 11.5 Å². The quantitative estimate of drug-likeness (QED) is 0.838. The van der Waals surface area contributed by atoms with Crippen molar-refractivity contribution in [1.29, 1.82) is 5.26 Å². The summed E-state index contributed by atoms with van der Waals surface area (Å²) in [6.45, 7) is 3.76. The lowest BCUT2D eigenvalue weighted by atomic mass is 10.0. The molecule has 0 spiro atoms. The molecule has 1 aromatic carbocycles. The molecule has 2 atom stereocenters. The molecule has 0 aliphatic rings. The van der Waals surface area contributed by atoms with Crippen LogP contribution >= 0.6 is 0 Å². The lowest BCUT2D eigenvalue weighted by molar-refractivity contribution is 0.271. The van der Waals surface area contributed by atoms with E-state index in [1.54, 1.807) is 20.1 Å². The average molecular weight is 248 g/mol. The zero-order valence-corrected chi connectivity index (χ0v) is 11.1. The van der Waals surface area contributed by atoms with Gasteiger partial charge in [-0.15, -0.1) is 0 Å². The predicted molar refractivity (Wildman–Crippen MR) is 70.7 cm³/mol. The maximum absolute atomic E-state index is 8.81. The van der Waals surface area contributed by atoms with Crippen LogP contribution in [-0.4, -0.2) is 19.3 Å². The van der Waals surface area contributed by atoms with Crippen molar-refractivity contribution in [2.24, 2.45) is 5.73 Å². The van der Waals surface area contributed by atoms with Crippen molar-refractivity contribution >= 4 is 0 Å². The highest BCUT2D eigenvalue weighted by Crippen LogP contribution is 2.27. The van der Waals surface area contributed by atoms with Crippen LogP contribution in [0.15, 0.2) is 18.2 Å². The van der Waals surface area contributed by atoms with Gasteiger partial charge in [0.15, 0.2) is 6.10 Å². The monoisotopic (exact) mass is 248 g/mol. The molecular weight excluding hydrogens is 228 g/mol. The van der Waals surface area contributed by atoms with Gasteiger partial charge in [-0.25, -0.2) is 0 Å². The molecule has 2 unspecified atom stereocenters. The molecule has 0 fully saturated rings. The number of hydrogen-bond donors (Lipinski definition) is 1. The summed E-state index contributed by atoms with van der Waals surface area (Å²) in [5.41, 5.74) is 6.96. The maximum Gasteiger partial charge on any atom is 0.181 e. The Kier molecular flexibility index (Phi) is 5.47. The van der Waals surface area contributed by atoms with Gasteiger partial charge in [0.25, 0.3) is 0 Å². The standard InChI is InChI=1S/C14H20N2O2/c1-4-12(16)7-11-5-6-13(17-3)8-14(11)18-10(2)9-15/h5-6,8,10,12H,4,7,16H2,1-3H3. The summed E-state index contributed by atoms with van der Waals surface area (Å²) in [7, 11) is 1.60. The van der Waals surface area contributed by atoms with E-state index in [-0.39, 0.29) is 6.04 Å². The maximum atomic E-state index is 8.81. The van der Waals surface area contributed by atoms with Crippen LogP contribution in [0.1, 0.15) is 25.8 Å². The van der Waals surface area contributed by atoms with Gasteiger partial charge < -0.3 is 15.2 Å². The molecule has 2 N–H and O–H groups in total. The molecule has 0 aliphatic carbocycles. The van der Waals surface area contributed by atoms with Crippen molar-refractivity contribution < 1.29 is 9.47 Å². The summed E-state index contributed by atoms with van der Waals surface area (Å²) in [5.74, 6) is 1.39. The SMILES string of the molecule is CCC(N)Cc1ccc(OC)cc1OC(C)C#N. The van der Waals surface area contributed by atoms with E-state index in [0.717, 1.165) is 18.4 Å². The first-order chi connectivity index (χ1) is 8.60. The van der Waals surface area contributed by atoms with Crippen molar-refractivity contribution in [3.63, 3.8) is 0 Å². The molecule has 98 valence electrons. The minimum absolute atomic E-state index is 0.0955. The Bertz CT molecular complexity index is 426. The lowest BCUT2D eigenvalue weighted by Gasteiger charge is -2.16. The van der Waals surface area contributed by atoms with Gasteiger partial charge in [-0.3, -0.25) is 0 Å². The first kappa shape index (κ1) is 14.3. The molecule has 0 aromatic heterocycles. The van der Waals surface area contributed by atoms with E-state index >= 15 is 0 Å². The number of rotatable bonds is 6. The Morgan fingerprint density at radius 1 is 1.44 bits per heavy atom. The van der Waals surface area contributed by atoms with Gasteiger partial charge in [0.05, 0.1) is 7.11 Å². The van der Waals surface area contributed by atoms with Crippen molar-refractivity contribution in [2.75, 3.05) is 7.11 Å². The second-order valence-corrected chi connectivity index (χ2v) is 4.24. The number of benzene rings is 1. The van der Waals surface area contributed by atoms with Crippen LogP contribution in [0.5, 0.6) is 11.5 Å². The van der Waals surface area contributed by atoms with Crippen molar-refractivity contribution in [1.82, 2.24) is 0 Å². The van der Waals surface area contributed by atoms with Crippen LogP contribution in [0.2, 0.25) is 0 Å². The fourth-order valence-corrected chi connectivity index (χ4v) is 1.58. The predicted octanol–water partition coefficient (Wildman–Crippen LogP) is 2.27. The normalized spacial score (nSPS) is 13.5. The van der Waals surface area contributed by atoms with Crippen molar-refractivity contribution in [3.8, 4) is 17.6 Å². The first-order valence-corrected chi connectivity index (χ1v) is 6.09. The Morgan fingerprint density at radius 2 is 2.17 bits per heavy atom. The van der Waals surface area contributed by atoms with Crippen molar-refractivity contribution in [3.05, 3.63) is 23.8 Å². The lowest BCUT2D eigenvalue weighted by Crippen LogP contribution is -2.22. The van der Waals surface area contributed by atoms with Gasteiger partial charge in [-0.05, 0) is 31.4 Å². The third-order valence-corrected chi connectivity index (χ3v) is 2.77. The smallest absolute Gasteiger partial charge is 0.181 e. The average Bonchev–Trinajstić information content (AvgIpc) is 2.40. The highest BCUT2D eigenvalue weighted by atomic mass is 16.5. The van der Waals surface area contributed by atoms with Crippen LogP contribution in [0, 0.1) is 11.3 Å². The molecule has 1 rings (SSSR count). The third-order valence-electron chi connectivity index (χ3n) is 2.77. The van der Waals surface area contributed by atoms with E-state index in [4.69, 9.17) is 20.5 Å². The zero-order chi connectivity index (χ0) is 13.5.